The van der Waals surface area contributed by atoms with E-state index in [-0.39, 0.29) is 18.0 Å². The van der Waals surface area contributed by atoms with E-state index in [0.29, 0.717) is 18.7 Å². The summed E-state index contributed by atoms with van der Waals surface area (Å²) in [6, 6.07) is 2.87. The highest BCUT2D eigenvalue weighted by atomic mass is 32.1. The molecule has 2 aliphatic heterocycles. The van der Waals surface area contributed by atoms with Gasteiger partial charge in [0.2, 0.25) is 0 Å². The Balaban J connectivity index is 1.76. The van der Waals surface area contributed by atoms with Gasteiger partial charge in [0, 0.05) is 34.4 Å². The largest absolute Gasteiger partial charge is 0.466 e. The van der Waals surface area contributed by atoms with Crippen LogP contribution in [0.4, 0.5) is 0 Å². The Hall–Kier alpha value is -1.35. The predicted octanol–water partition coefficient (Wildman–Crippen LogP) is 2.79. The minimum Gasteiger partial charge on any atom is -0.466 e. The van der Waals surface area contributed by atoms with Gasteiger partial charge in [-0.05, 0) is 38.7 Å². The summed E-state index contributed by atoms with van der Waals surface area (Å²) in [5, 5.41) is 10.8. The van der Waals surface area contributed by atoms with Crippen LogP contribution in [0, 0.1) is 17.3 Å². The molecule has 0 radical (unpaired) electrons. The van der Waals surface area contributed by atoms with Crippen molar-refractivity contribution in [2.24, 2.45) is 5.41 Å². The maximum atomic E-state index is 12.6. The van der Waals surface area contributed by atoms with E-state index in [4.69, 9.17) is 9.84 Å². The zero-order valence-corrected chi connectivity index (χ0v) is 15.2. The lowest BCUT2D eigenvalue weighted by molar-refractivity contribution is -0.157. The third kappa shape index (κ3) is 2.99. The zero-order chi connectivity index (χ0) is 17.2. The van der Waals surface area contributed by atoms with E-state index in [0.717, 1.165) is 31.4 Å². The fraction of sp³-hybridized carbons (Fsp3) is 0.632. The molecule has 2 bridgehead atoms. The van der Waals surface area contributed by atoms with Crippen molar-refractivity contribution in [3.63, 3.8) is 0 Å². The maximum Gasteiger partial charge on any atom is 0.313 e. The number of rotatable bonds is 5. The number of fused-ring (bicyclic) bond motifs is 2. The first-order valence-electron chi connectivity index (χ1n) is 8.74. The highest BCUT2D eigenvalue weighted by Gasteiger charge is 2.59. The van der Waals surface area contributed by atoms with E-state index in [9.17, 15) is 4.79 Å². The molecule has 2 aliphatic rings. The van der Waals surface area contributed by atoms with Gasteiger partial charge in [0.05, 0.1) is 12.0 Å². The molecule has 4 nitrogen and oxygen atoms in total. The molecule has 0 saturated carbocycles. The van der Waals surface area contributed by atoms with Crippen LogP contribution >= 0.6 is 11.3 Å². The van der Waals surface area contributed by atoms with Gasteiger partial charge in [-0.25, -0.2) is 0 Å². The number of hydrogen-bond donors (Lipinski definition) is 1. The Kier molecular flexibility index (Phi) is 5.29. The van der Waals surface area contributed by atoms with E-state index < -0.39 is 0 Å². The number of ether oxygens (including phenoxy) is 1. The molecule has 2 fully saturated rings. The van der Waals surface area contributed by atoms with Crippen molar-refractivity contribution in [1.29, 1.82) is 0 Å². The topological polar surface area (TPSA) is 49.8 Å². The monoisotopic (exact) mass is 347 g/mol. The van der Waals surface area contributed by atoms with E-state index >= 15 is 0 Å². The Morgan fingerprint density at radius 2 is 2.33 bits per heavy atom. The Morgan fingerprint density at radius 1 is 1.50 bits per heavy atom. The molecule has 1 aromatic heterocycles. The van der Waals surface area contributed by atoms with Crippen LogP contribution in [-0.2, 0) is 16.1 Å². The second-order valence-electron chi connectivity index (χ2n) is 6.62. The maximum absolute atomic E-state index is 12.6. The first-order valence-corrected chi connectivity index (χ1v) is 9.62. The number of nitrogens with zero attached hydrogens (tertiary/aromatic N) is 1. The van der Waals surface area contributed by atoms with E-state index in [1.165, 1.54) is 11.3 Å². The molecular weight excluding hydrogens is 322 g/mol. The number of aliphatic hydroxyl groups is 1. The van der Waals surface area contributed by atoms with Gasteiger partial charge in [-0.3, -0.25) is 9.69 Å². The lowest BCUT2D eigenvalue weighted by atomic mass is 9.72. The molecule has 130 valence electrons. The van der Waals surface area contributed by atoms with Crippen LogP contribution in [0.3, 0.4) is 0 Å². The molecule has 1 N–H and O–H groups in total. The smallest absolute Gasteiger partial charge is 0.313 e. The van der Waals surface area contributed by atoms with Crippen LogP contribution in [0.1, 0.15) is 50.0 Å². The number of esters is 1. The molecule has 0 amide bonds. The summed E-state index contributed by atoms with van der Waals surface area (Å²) in [6.45, 7) is 5.22. The fourth-order valence-corrected chi connectivity index (χ4v) is 5.24. The minimum atomic E-state index is -0.324. The quantitative estimate of drug-likeness (QED) is 0.657. The van der Waals surface area contributed by atoms with E-state index in [1.807, 2.05) is 12.3 Å². The summed E-state index contributed by atoms with van der Waals surface area (Å²) in [4.78, 5) is 16.4. The van der Waals surface area contributed by atoms with Gasteiger partial charge in [0.1, 0.15) is 6.61 Å². The first kappa shape index (κ1) is 17.5. The standard InChI is InChI=1S/C19H25NO3S/c1-3-19(18(22)23-4-2)11-15-7-8-17(19)20(15)12-16-10-14(13-24-16)6-5-9-21/h10,13,15,17,21H,3-4,7-9,11-12H2,1-2H3/t15-,17+,19+/m0/s1. The van der Waals surface area contributed by atoms with E-state index in [1.54, 1.807) is 11.3 Å². The van der Waals surface area contributed by atoms with Crippen molar-refractivity contribution in [1.82, 2.24) is 4.90 Å². The second kappa shape index (κ2) is 7.26. The highest BCUT2D eigenvalue weighted by Crippen LogP contribution is 2.53. The number of hydrogen-bond acceptors (Lipinski definition) is 5. The average Bonchev–Trinajstić information content (AvgIpc) is 3.28. The van der Waals surface area contributed by atoms with Crippen LogP contribution < -0.4 is 0 Å². The summed E-state index contributed by atoms with van der Waals surface area (Å²) in [5.41, 5.74) is 0.637. The Morgan fingerprint density at radius 3 is 3.04 bits per heavy atom. The molecule has 1 aromatic rings. The van der Waals surface area contributed by atoms with Crippen LogP contribution in [0.25, 0.3) is 0 Å². The van der Waals surface area contributed by atoms with Gasteiger partial charge in [-0.1, -0.05) is 18.8 Å². The number of carbonyl (C=O) groups excluding carboxylic acids is 1. The first-order chi connectivity index (χ1) is 11.6. The molecule has 0 aliphatic carbocycles. The Labute approximate surface area is 147 Å². The van der Waals surface area contributed by atoms with Gasteiger partial charge in [-0.15, -0.1) is 11.3 Å². The molecule has 2 saturated heterocycles. The third-order valence-corrected chi connectivity index (χ3v) is 6.42. The molecule has 5 heteroatoms. The van der Waals surface area contributed by atoms with Crippen molar-refractivity contribution in [2.45, 2.75) is 58.2 Å². The molecule has 24 heavy (non-hydrogen) atoms. The van der Waals surface area contributed by atoms with Crippen molar-refractivity contribution in [3.05, 3.63) is 21.9 Å². The normalized spacial score (nSPS) is 28.6. The highest BCUT2D eigenvalue weighted by molar-refractivity contribution is 7.10. The molecule has 0 aromatic carbocycles. The average molecular weight is 347 g/mol. The molecule has 3 atom stereocenters. The molecule has 3 heterocycles. The van der Waals surface area contributed by atoms with Gasteiger partial charge < -0.3 is 9.84 Å². The van der Waals surface area contributed by atoms with Crippen LogP contribution in [0.15, 0.2) is 11.4 Å². The number of thiophene rings is 1. The van der Waals surface area contributed by atoms with Gasteiger partial charge >= 0.3 is 5.97 Å². The van der Waals surface area contributed by atoms with Gasteiger partial charge in [0.15, 0.2) is 0 Å². The van der Waals surface area contributed by atoms with Gasteiger partial charge in [-0.2, -0.15) is 0 Å². The lowest BCUT2D eigenvalue weighted by Gasteiger charge is -2.34. The predicted molar refractivity (Wildman–Crippen MR) is 94.6 cm³/mol. The van der Waals surface area contributed by atoms with Crippen LogP contribution in [-0.4, -0.2) is 41.3 Å². The molecule has 3 rings (SSSR count). The summed E-state index contributed by atoms with van der Waals surface area (Å²) in [7, 11) is 0. The summed E-state index contributed by atoms with van der Waals surface area (Å²) in [5.74, 6) is 5.64. The summed E-state index contributed by atoms with van der Waals surface area (Å²) >= 11 is 1.70. The van der Waals surface area contributed by atoms with Crippen molar-refractivity contribution in [2.75, 3.05) is 13.2 Å². The Bertz CT molecular complexity index is 659. The second-order valence-corrected chi connectivity index (χ2v) is 7.61. The SMILES string of the molecule is CCOC(=O)[C@]1(CC)C[C@@H]2CC[C@H]1N2Cc1cc(C#CCO)cs1. The minimum absolute atomic E-state index is 0.00891. The number of carbonyl (C=O) groups is 1. The number of aliphatic hydroxyl groups excluding tert-OH is 1. The zero-order valence-electron chi connectivity index (χ0n) is 14.4. The molecular formula is C19H25NO3S. The summed E-state index contributed by atoms with van der Waals surface area (Å²) < 4.78 is 5.41. The molecule has 0 unspecified atom stereocenters. The summed E-state index contributed by atoms with van der Waals surface area (Å²) in [6.07, 6.45) is 4.03. The van der Waals surface area contributed by atoms with Crippen molar-refractivity contribution in [3.8, 4) is 11.8 Å². The fourth-order valence-electron chi connectivity index (χ4n) is 4.41. The third-order valence-electron chi connectivity index (χ3n) is 5.50. The van der Waals surface area contributed by atoms with Crippen molar-refractivity contribution >= 4 is 17.3 Å². The van der Waals surface area contributed by atoms with Crippen LogP contribution in [0.5, 0.6) is 0 Å². The van der Waals surface area contributed by atoms with Crippen molar-refractivity contribution < 1.29 is 14.6 Å². The van der Waals surface area contributed by atoms with Gasteiger partial charge in [0.25, 0.3) is 0 Å². The lowest BCUT2D eigenvalue weighted by Crippen LogP contribution is -2.43. The van der Waals surface area contributed by atoms with E-state index in [2.05, 4.69) is 29.7 Å². The molecule has 0 spiro atoms. The van der Waals surface area contributed by atoms with Crippen LogP contribution in [0.2, 0.25) is 0 Å².